The van der Waals surface area contributed by atoms with Crippen molar-refractivity contribution < 1.29 is 24.6 Å². The highest BCUT2D eigenvalue weighted by molar-refractivity contribution is 5.91. The van der Waals surface area contributed by atoms with Crippen LogP contribution >= 0.6 is 0 Å². The Morgan fingerprint density at radius 3 is 1.32 bits per heavy atom. The summed E-state index contributed by atoms with van der Waals surface area (Å²) in [5, 5.41) is 19.9. The van der Waals surface area contributed by atoms with E-state index < -0.39 is 11.9 Å². The zero-order valence-corrected chi connectivity index (χ0v) is 23.4. The van der Waals surface area contributed by atoms with E-state index in [0.717, 1.165) is 38.9 Å². The molecular formula is C30H53N3O5. The molecule has 0 aliphatic carbocycles. The number of unbranched alkanes of at least 4 members (excludes halogenated alkanes) is 7. The summed E-state index contributed by atoms with van der Waals surface area (Å²) in [6, 6.07) is 5.02. The molecule has 0 atom stereocenters. The molecule has 1 amide bonds. The Bertz CT molecular complexity index is 666. The van der Waals surface area contributed by atoms with Crippen LogP contribution in [0.1, 0.15) is 136 Å². The zero-order valence-electron chi connectivity index (χ0n) is 23.4. The summed E-state index contributed by atoms with van der Waals surface area (Å²) in [6.45, 7) is 2.60. The summed E-state index contributed by atoms with van der Waals surface area (Å²) >= 11 is 0. The van der Waals surface area contributed by atoms with E-state index in [1.807, 2.05) is 0 Å². The Hall–Kier alpha value is -2.45. The van der Waals surface area contributed by atoms with Crippen LogP contribution in [-0.2, 0) is 4.79 Å². The lowest BCUT2D eigenvalue weighted by molar-refractivity contribution is -0.121. The number of carboxylic acid groups (broad SMARTS) is 2. The maximum Gasteiger partial charge on any atom is 0.335 e. The van der Waals surface area contributed by atoms with Gasteiger partial charge in [-0.1, -0.05) is 83.5 Å². The number of carbonyl (C=O) groups is 3. The van der Waals surface area contributed by atoms with E-state index in [-0.39, 0.29) is 17.0 Å². The van der Waals surface area contributed by atoms with Crippen LogP contribution < -0.4 is 16.8 Å². The largest absolute Gasteiger partial charge is 0.478 e. The normalized spacial score (nSPS) is 14.6. The van der Waals surface area contributed by atoms with Crippen LogP contribution in [0, 0.1) is 0 Å². The van der Waals surface area contributed by atoms with Gasteiger partial charge in [-0.25, -0.2) is 9.59 Å². The van der Waals surface area contributed by atoms with Gasteiger partial charge in [0.25, 0.3) is 0 Å². The first-order valence-corrected chi connectivity index (χ1v) is 14.7. The van der Waals surface area contributed by atoms with Gasteiger partial charge < -0.3 is 27.0 Å². The lowest BCUT2D eigenvalue weighted by atomic mass is 10.1. The third kappa shape index (κ3) is 22.7. The van der Waals surface area contributed by atoms with Crippen LogP contribution in [0.2, 0.25) is 0 Å². The summed E-state index contributed by atoms with van der Waals surface area (Å²) in [4.78, 5) is 31.9. The first kappa shape index (κ1) is 35.5. The highest BCUT2D eigenvalue weighted by Gasteiger charge is 2.05. The minimum Gasteiger partial charge on any atom is -0.478 e. The summed E-state index contributed by atoms with van der Waals surface area (Å²) < 4.78 is 0. The van der Waals surface area contributed by atoms with E-state index in [1.165, 1.54) is 121 Å². The third-order valence-electron chi connectivity index (χ3n) is 6.44. The standard InChI is InChI=1S/C12H23NO.C10H24N2.C8H6O4/c14-12-10-8-6-4-2-1-3-5-7-9-11-13-12;11-9-7-5-3-1-2-4-6-8-10-12;9-7(10)5-1-2-6(4-3-5)8(11)12/h1-11H2,(H,13,14);1-12H2;1-4H,(H,9,10)(H,11,12). The molecule has 0 radical (unpaired) electrons. The van der Waals surface area contributed by atoms with Gasteiger partial charge in [0.2, 0.25) is 5.91 Å². The van der Waals surface area contributed by atoms with Crippen molar-refractivity contribution in [2.45, 2.75) is 116 Å². The molecule has 1 heterocycles. The van der Waals surface area contributed by atoms with Crippen LogP contribution in [0.4, 0.5) is 0 Å². The number of aromatic carboxylic acids is 2. The van der Waals surface area contributed by atoms with Gasteiger partial charge in [-0.15, -0.1) is 0 Å². The second kappa shape index (κ2) is 26.2. The Balaban J connectivity index is 0.000000543. The minimum absolute atomic E-state index is 0.0833. The lowest BCUT2D eigenvalue weighted by Gasteiger charge is -2.03. The average Bonchev–Trinajstić information content (AvgIpc) is 2.93. The number of carbonyl (C=O) groups excluding carboxylic acids is 1. The van der Waals surface area contributed by atoms with Crippen molar-refractivity contribution in [3.63, 3.8) is 0 Å². The number of carboxylic acids is 2. The van der Waals surface area contributed by atoms with Crippen molar-refractivity contribution >= 4 is 17.8 Å². The van der Waals surface area contributed by atoms with Crippen molar-refractivity contribution in [3.8, 4) is 0 Å². The molecule has 8 nitrogen and oxygen atoms in total. The van der Waals surface area contributed by atoms with Gasteiger partial charge in [-0.3, -0.25) is 4.79 Å². The fourth-order valence-electron chi connectivity index (χ4n) is 4.07. The van der Waals surface area contributed by atoms with E-state index in [0.29, 0.717) is 0 Å². The van der Waals surface area contributed by atoms with E-state index in [1.54, 1.807) is 0 Å². The summed E-state index contributed by atoms with van der Waals surface area (Å²) in [5.41, 5.74) is 11.0. The molecule has 1 aromatic carbocycles. The Labute approximate surface area is 229 Å². The predicted molar refractivity (Wildman–Crippen MR) is 155 cm³/mol. The molecular weight excluding hydrogens is 482 g/mol. The van der Waals surface area contributed by atoms with Crippen LogP contribution in [0.15, 0.2) is 24.3 Å². The number of hydrogen-bond acceptors (Lipinski definition) is 5. The maximum atomic E-state index is 11.3. The summed E-state index contributed by atoms with van der Waals surface area (Å²) in [7, 11) is 0. The van der Waals surface area contributed by atoms with Gasteiger partial charge in [-0.05, 0) is 63.0 Å². The molecule has 1 aliphatic heterocycles. The van der Waals surface area contributed by atoms with Crippen molar-refractivity contribution in [2.75, 3.05) is 19.6 Å². The molecule has 1 fully saturated rings. The van der Waals surface area contributed by atoms with Crippen LogP contribution in [-0.4, -0.2) is 47.7 Å². The number of nitrogens with two attached hydrogens (primary N) is 2. The van der Waals surface area contributed by atoms with E-state index in [9.17, 15) is 14.4 Å². The van der Waals surface area contributed by atoms with Gasteiger partial charge >= 0.3 is 11.9 Å². The molecule has 8 heteroatoms. The predicted octanol–water partition coefficient (Wildman–Crippen LogP) is 6.12. The Kier molecular flexibility index (Phi) is 24.5. The topological polar surface area (TPSA) is 156 Å². The van der Waals surface area contributed by atoms with Gasteiger partial charge in [0.15, 0.2) is 0 Å². The van der Waals surface area contributed by atoms with Gasteiger partial charge in [-0.2, -0.15) is 0 Å². The molecule has 0 spiro atoms. The minimum atomic E-state index is -1.06. The average molecular weight is 536 g/mol. The number of amides is 1. The number of benzene rings is 1. The van der Waals surface area contributed by atoms with Gasteiger partial charge in [0.05, 0.1) is 11.1 Å². The smallest absolute Gasteiger partial charge is 0.335 e. The Morgan fingerprint density at radius 2 is 0.947 bits per heavy atom. The van der Waals surface area contributed by atoms with Crippen molar-refractivity contribution in [1.29, 1.82) is 0 Å². The molecule has 0 unspecified atom stereocenters. The van der Waals surface area contributed by atoms with E-state index in [4.69, 9.17) is 21.7 Å². The van der Waals surface area contributed by atoms with Crippen LogP contribution in [0.3, 0.4) is 0 Å². The lowest BCUT2D eigenvalue weighted by Crippen LogP contribution is -2.23. The fourth-order valence-corrected chi connectivity index (χ4v) is 4.07. The molecule has 0 bridgehead atoms. The third-order valence-corrected chi connectivity index (χ3v) is 6.44. The molecule has 0 aromatic heterocycles. The first-order valence-electron chi connectivity index (χ1n) is 14.7. The van der Waals surface area contributed by atoms with E-state index >= 15 is 0 Å². The molecule has 0 saturated carbocycles. The molecule has 1 aromatic rings. The van der Waals surface area contributed by atoms with E-state index in [2.05, 4.69) is 5.32 Å². The van der Waals surface area contributed by atoms with Gasteiger partial charge in [0.1, 0.15) is 0 Å². The molecule has 218 valence electrons. The summed E-state index contributed by atoms with van der Waals surface area (Å²) in [5.74, 6) is -1.87. The zero-order chi connectivity index (χ0) is 28.3. The second-order valence-electron chi connectivity index (χ2n) is 9.88. The fraction of sp³-hybridized carbons (Fsp3) is 0.700. The molecule has 2 rings (SSSR count). The summed E-state index contributed by atoms with van der Waals surface area (Å²) in [6.07, 6.45) is 22.8. The molecule has 38 heavy (non-hydrogen) atoms. The molecule has 1 aliphatic rings. The van der Waals surface area contributed by atoms with Crippen molar-refractivity contribution in [2.24, 2.45) is 11.5 Å². The second-order valence-corrected chi connectivity index (χ2v) is 9.88. The SMILES string of the molecule is NCCCCCCCCCCN.O=C(O)c1ccc(C(=O)O)cc1.O=C1CCCCCCCCCCCN1. The highest BCUT2D eigenvalue weighted by Crippen LogP contribution is 2.11. The van der Waals surface area contributed by atoms with Crippen LogP contribution in [0.25, 0.3) is 0 Å². The highest BCUT2D eigenvalue weighted by atomic mass is 16.4. The van der Waals surface area contributed by atoms with Crippen LogP contribution in [0.5, 0.6) is 0 Å². The quantitative estimate of drug-likeness (QED) is 0.213. The number of nitrogens with one attached hydrogen (secondary N) is 1. The first-order chi connectivity index (χ1) is 18.4. The van der Waals surface area contributed by atoms with Crippen molar-refractivity contribution in [1.82, 2.24) is 5.32 Å². The van der Waals surface area contributed by atoms with Gasteiger partial charge in [0, 0.05) is 13.0 Å². The van der Waals surface area contributed by atoms with Crippen molar-refractivity contribution in [3.05, 3.63) is 35.4 Å². The molecule has 1 saturated heterocycles. The number of rotatable bonds is 11. The Morgan fingerprint density at radius 1 is 0.605 bits per heavy atom. The maximum absolute atomic E-state index is 11.3. The monoisotopic (exact) mass is 535 g/mol. The number of hydrogen-bond donors (Lipinski definition) is 5. The molecule has 7 N–H and O–H groups in total.